The van der Waals surface area contributed by atoms with Gasteiger partial charge in [0.1, 0.15) is 5.82 Å². The topological polar surface area (TPSA) is 82.5 Å². The van der Waals surface area contributed by atoms with Crippen LogP contribution in [0.15, 0.2) is 24.4 Å². The molecule has 2 heterocycles. The first-order valence-corrected chi connectivity index (χ1v) is 9.28. The molecule has 6 nitrogen and oxygen atoms in total. The summed E-state index contributed by atoms with van der Waals surface area (Å²) in [5.41, 5.74) is -0.875. The summed E-state index contributed by atoms with van der Waals surface area (Å²) in [6, 6.07) is 5.87. The Morgan fingerprint density at radius 1 is 1.24 bits per heavy atom. The van der Waals surface area contributed by atoms with Crippen molar-refractivity contribution in [2.75, 3.05) is 18.0 Å². The molecule has 1 amide bonds. The number of carbonyl (C=O) groups excluding carboxylic acids is 1. The summed E-state index contributed by atoms with van der Waals surface area (Å²) < 4.78 is 0. The molecule has 1 aliphatic carbocycles. The molecule has 0 bridgehead atoms. The van der Waals surface area contributed by atoms with Crippen molar-refractivity contribution in [1.82, 2.24) is 10.3 Å². The van der Waals surface area contributed by atoms with E-state index in [4.69, 9.17) is 0 Å². The third kappa shape index (κ3) is 4.30. The molecular formula is C19H27N3O3. The molecule has 1 aliphatic heterocycles. The van der Waals surface area contributed by atoms with E-state index in [-0.39, 0.29) is 18.4 Å². The van der Waals surface area contributed by atoms with Crippen LogP contribution >= 0.6 is 0 Å². The number of pyridine rings is 1. The van der Waals surface area contributed by atoms with Crippen LogP contribution in [-0.4, -0.2) is 41.1 Å². The van der Waals surface area contributed by atoms with Crippen molar-refractivity contribution in [1.29, 1.82) is 0 Å². The van der Waals surface area contributed by atoms with Crippen LogP contribution in [-0.2, 0) is 9.59 Å². The molecule has 1 saturated heterocycles. The molecule has 2 N–H and O–H groups in total. The smallest absolute Gasteiger partial charge is 0.310 e. The molecule has 1 aromatic heterocycles. The highest BCUT2D eigenvalue weighted by Crippen LogP contribution is 2.38. The highest BCUT2D eigenvalue weighted by Gasteiger charge is 2.41. The fraction of sp³-hybridized carbons (Fsp3) is 0.632. The average Bonchev–Trinajstić information content (AvgIpc) is 2.93. The van der Waals surface area contributed by atoms with Crippen LogP contribution in [0.2, 0.25) is 0 Å². The number of nitrogens with zero attached hydrogens (tertiary/aromatic N) is 2. The van der Waals surface area contributed by atoms with E-state index in [1.807, 2.05) is 18.2 Å². The quantitative estimate of drug-likeness (QED) is 0.802. The average molecular weight is 345 g/mol. The molecule has 136 valence electrons. The third-order valence-corrected chi connectivity index (χ3v) is 5.54. The predicted molar refractivity (Wildman–Crippen MR) is 95.4 cm³/mol. The van der Waals surface area contributed by atoms with Crippen molar-refractivity contribution in [3.8, 4) is 0 Å². The van der Waals surface area contributed by atoms with Gasteiger partial charge in [-0.1, -0.05) is 31.7 Å². The van der Waals surface area contributed by atoms with Gasteiger partial charge in [0.15, 0.2) is 0 Å². The van der Waals surface area contributed by atoms with E-state index in [1.165, 1.54) is 0 Å². The van der Waals surface area contributed by atoms with E-state index >= 15 is 0 Å². The van der Waals surface area contributed by atoms with Crippen LogP contribution in [0.25, 0.3) is 0 Å². The summed E-state index contributed by atoms with van der Waals surface area (Å²) in [4.78, 5) is 30.9. The van der Waals surface area contributed by atoms with Crippen molar-refractivity contribution >= 4 is 17.7 Å². The van der Waals surface area contributed by atoms with Gasteiger partial charge in [-0.2, -0.15) is 0 Å². The molecule has 6 heteroatoms. The highest BCUT2D eigenvalue weighted by molar-refractivity contribution is 5.85. The van der Waals surface area contributed by atoms with Crippen molar-refractivity contribution in [2.24, 2.45) is 5.41 Å². The maximum Gasteiger partial charge on any atom is 0.310 e. The SMILES string of the molecule is O=C(CC1(C(=O)O)CCCCCC1)NC1CCN(c2ccccn2)C1. The van der Waals surface area contributed by atoms with Crippen LogP contribution in [0.3, 0.4) is 0 Å². The number of amides is 1. The predicted octanol–water partition coefficient (Wildman–Crippen LogP) is 2.59. The number of carboxylic acids is 1. The number of aromatic nitrogens is 1. The molecular weight excluding hydrogens is 318 g/mol. The van der Waals surface area contributed by atoms with Crippen LogP contribution in [0.5, 0.6) is 0 Å². The van der Waals surface area contributed by atoms with Gasteiger partial charge in [-0.05, 0) is 31.4 Å². The molecule has 0 spiro atoms. The minimum absolute atomic E-state index is 0.0612. The Kier molecular flexibility index (Phi) is 5.56. The van der Waals surface area contributed by atoms with E-state index in [0.29, 0.717) is 12.8 Å². The second-order valence-corrected chi connectivity index (χ2v) is 7.36. The lowest BCUT2D eigenvalue weighted by atomic mass is 9.77. The van der Waals surface area contributed by atoms with Gasteiger partial charge < -0.3 is 15.3 Å². The number of hydrogen-bond donors (Lipinski definition) is 2. The maximum atomic E-state index is 12.5. The Hall–Kier alpha value is -2.11. The van der Waals surface area contributed by atoms with Gasteiger partial charge in [0, 0.05) is 31.7 Å². The summed E-state index contributed by atoms with van der Waals surface area (Å²) >= 11 is 0. The monoisotopic (exact) mass is 345 g/mol. The van der Waals surface area contributed by atoms with Gasteiger partial charge in [0.25, 0.3) is 0 Å². The summed E-state index contributed by atoms with van der Waals surface area (Å²) in [6.45, 7) is 1.58. The standard InChI is InChI=1S/C19H27N3O3/c23-17(13-19(18(24)25)9-4-1-2-5-10-19)21-15-8-12-22(14-15)16-7-3-6-11-20-16/h3,6-7,11,15H,1-2,4-5,8-10,12-14H2,(H,21,23)(H,24,25). The Morgan fingerprint density at radius 3 is 2.64 bits per heavy atom. The van der Waals surface area contributed by atoms with Crippen LogP contribution in [0.1, 0.15) is 51.4 Å². The van der Waals surface area contributed by atoms with E-state index in [1.54, 1.807) is 6.20 Å². The van der Waals surface area contributed by atoms with Crippen molar-refractivity contribution in [2.45, 2.75) is 57.4 Å². The Morgan fingerprint density at radius 2 is 2.00 bits per heavy atom. The number of anilines is 1. The third-order valence-electron chi connectivity index (χ3n) is 5.54. The van der Waals surface area contributed by atoms with Crippen LogP contribution in [0, 0.1) is 5.41 Å². The summed E-state index contributed by atoms with van der Waals surface area (Å²) in [5, 5.41) is 12.8. The number of rotatable bonds is 5. The molecule has 2 fully saturated rings. The highest BCUT2D eigenvalue weighted by atomic mass is 16.4. The first kappa shape index (κ1) is 17.7. The number of carbonyl (C=O) groups is 2. The zero-order valence-corrected chi connectivity index (χ0v) is 14.6. The molecule has 0 aromatic carbocycles. The molecule has 2 aliphatic rings. The molecule has 1 aromatic rings. The molecule has 1 atom stereocenters. The fourth-order valence-electron chi connectivity index (χ4n) is 4.08. The van der Waals surface area contributed by atoms with Gasteiger partial charge in [-0.15, -0.1) is 0 Å². The second kappa shape index (κ2) is 7.85. The van der Waals surface area contributed by atoms with Gasteiger partial charge >= 0.3 is 5.97 Å². The lowest BCUT2D eigenvalue weighted by molar-refractivity contribution is -0.153. The first-order chi connectivity index (χ1) is 12.1. The van der Waals surface area contributed by atoms with Gasteiger partial charge in [-0.25, -0.2) is 4.98 Å². The maximum absolute atomic E-state index is 12.5. The lowest BCUT2D eigenvalue weighted by Crippen LogP contribution is -2.42. The lowest BCUT2D eigenvalue weighted by Gasteiger charge is -2.28. The Bertz CT molecular complexity index is 597. The Balaban J connectivity index is 1.56. The summed E-state index contributed by atoms with van der Waals surface area (Å²) in [7, 11) is 0. The fourth-order valence-corrected chi connectivity index (χ4v) is 4.08. The van der Waals surface area contributed by atoms with Crippen molar-refractivity contribution in [3.63, 3.8) is 0 Å². The van der Waals surface area contributed by atoms with Crippen molar-refractivity contribution in [3.05, 3.63) is 24.4 Å². The molecule has 1 saturated carbocycles. The van der Waals surface area contributed by atoms with E-state index in [2.05, 4.69) is 15.2 Å². The van der Waals surface area contributed by atoms with E-state index < -0.39 is 11.4 Å². The minimum atomic E-state index is -0.875. The number of aliphatic carboxylic acids is 1. The van der Waals surface area contributed by atoms with Crippen LogP contribution in [0.4, 0.5) is 5.82 Å². The second-order valence-electron chi connectivity index (χ2n) is 7.36. The molecule has 25 heavy (non-hydrogen) atoms. The normalized spacial score (nSPS) is 23.0. The van der Waals surface area contributed by atoms with Crippen molar-refractivity contribution < 1.29 is 14.7 Å². The first-order valence-electron chi connectivity index (χ1n) is 9.28. The zero-order valence-electron chi connectivity index (χ0n) is 14.6. The largest absolute Gasteiger partial charge is 0.481 e. The minimum Gasteiger partial charge on any atom is -0.481 e. The van der Waals surface area contributed by atoms with E-state index in [9.17, 15) is 14.7 Å². The molecule has 3 rings (SSSR count). The van der Waals surface area contributed by atoms with E-state index in [0.717, 1.165) is 51.0 Å². The van der Waals surface area contributed by atoms with Gasteiger partial charge in [0.2, 0.25) is 5.91 Å². The van der Waals surface area contributed by atoms with Gasteiger partial charge in [-0.3, -0.25) is 9.59 Å². The van der Waals surface area contributed by atoms with Gasteiger partial charge in [0.05, 0.1) is 5.41 Å². The number of nitrogens with one attached hydrogen (secondary N) is 1. The Labute approximate surface area is 148 Å². The molecule has 1 unspecified atom stereocenters. The number of hydrogen-bond acceptors (Lipinski definition) is 4. The zero-order chi connectivity index (χ0) is 17.7. The van der Waals surface area contributed by atoms with Crippen LogP contribution < -0.4 is 10.2 Å². The number of carboxylic acid groups (broad SMARTS) is 1. The molecule has 0 radical (unpaired) electrons. The summed E-state index contributed by atoms with van der Waals surface area (Å²) in [5.74, 6) is -0.0201. The summed E-state index contributed by atoms with van der Waals surface area (Å²) in [6.07, 6.45) is 7.89.